The van der Waals surface area contributed by atoms with Gasteiger partial charge in [0.15, 0.2) is 5.43 Å². The molecular formula is C23H14BrClN2O3. The molecule has 5 nitrogen and oxygen atoms in total. The van der Waals surface area contributed by atoms with Gasteiger partial charge in [-0.2, -0.15) is 0 Å². The maximum absolute atomic E-state index is 13.5. The third-order valence-electron chi connectivity index (χ3n) is 5.15. The van der Waals surface area contributed by atoms with Gasteiger partial charge in [0.25, 0.3) is 5.91 Å². The number of carbonyl (C=O) groups excluding carboxylic acids is 1. The van der Waals surface area contributed by atoms with Gasteiger partial charge in [-0.05, 0) is 48.9 Å². The van der Waals surface area contributed by atoms with Crippen molar-refractivity contribution in [2.24, 2.45) is 0 Å². The Morgan fingerprint density at radius 3 is 2.67 bits per heavy atom. The molecule has 0 aliphatic carbocycles. The summed E-state index contributed by atoms with van der Waals surface area (Å²) in [4.78, 5) is 32.8. The molecule has 7 heteroatoms. The summed E-state index contributed by atoms with van der Waals surface area (Å²) >= 11 is 9.47. The SMILES string of the molecule is Cc1ccc2oc3c(c(=O)c2c1)C(c1cccc(Br)c1)N(c1ccc(Cl)cn1)C3=O. The van der Waals surface area contributed by atoms with Gasteiger partial charge < -0.3 is 4.42 Å². The molecule has 4 aromatic rings. The highest BCUT2D eigenvalue weighted by molar-refractivity contribution is 9.10. The molecule has 0 radical (unpaired) electrons. The number of halogens is 2. The van der Waals surface area contributed by atoms with E-state index in [1.165, 1.54) is 11.1 Å². The van der Waals surface area contributed by atoms with Crippen molar-refractivity contribution in [1.82, 2.24) is 4.98 Å². The fraction of sp³-hybridized carbons (Fsp3) is 0.0870. The van der Waals surface area contributed by atoms with Crippen LogP contribution in [0.2, 0.25) is 5.02 Å². The first kappa shape index (κ1) is 19.0. The Morgan fingerprint density at radius 1 is 1.10 bits per heavy atom. The standard InChI is InChI=1S/C23H14BrClN2O3/c1-12-5-7-17-16(9-12)21(28)19-20(13-3-2-4-14(24)10-13)27(23(29)22(19)30-17)18-8-6-15(25)11-26-18/h2-11,20H,1H3. The highest BCUT2D eigenvalue weighted by Crippen LogP contribution is 2.41. The zero-order valence-electron chi connectivity index (χ0n) is 15.7. The van der Waals surface area contributed by atoms with Gasteiger partial charge in [0.05, 0.1) is 22.0 Å². The van der Waals surface area contributed by atoms with Gasteiger partial charge in [-0.15, -0.1) is 0 Å². The molecule has 1 aliphatic rings. The smallest absolute Gasteiger partial charge is 0.296 e. The summed E-state index contributed by atoms with van der Waals surface area (Å²) in [5.41, 5.74) is 2.19. The molecular weight excluding hydrogens is 468 g/mol. The Hall–Kier alpha value is -2.96. The van der Waals surface area contributed by atoms with Crippen molar-refractivity contribution < 1.29 is 9.21 Å². The molecule has 2 aromatic heterocycles. The number of amides is 1. The maximum atomic E-state index is 13.5. The molecule has 148 valence electrons. The Morgan fingerprint density at radius 2 is 1.93 bits per heavy atom. The number of aromatic nitrogens is 1. The van der Waals surface area contributed by atoms with Gasteiger partial charge in [-0.3, -0.25) is 14.5 Å². The average Bonchev–Trinajstić information content (AvgIpc) is 3.02. The van der Waals surface area contributed by atoms with E-state index in [4.69, 9.17) is 16.0 Å². The molecule has 0 spiro atoms. The third-order valence-corrected chi connectivity index (χ3v) is 5.87. The maximum Gasteiger partial charge on any atom is 0.296 e. The molecule has 1 amide bonds. The summed E-state index contributed by atoms with van der Waals surface area (Å²) in [6.45, 7) is 1.91. The normalized spacial score (nSPS) is 15.6. The molecule has 30 heavy (non-hydrogen) atoms. The molecule has 1 unspecified atom stereocenters. The van der Waals surface area contributed by atoms with E-state index in [0.717, 1.165) is 15.6 Å². The second-order valence-corrected chi connectivity index (χ2v) is 8.49. The van der Waals surface area contributed by atoms with Gasteiger partial charge in [-0.25, -0.2) is 4.98 Å². The average molecular weight is 482 g/mol. The number of rotatable bonds is 2. The van der Waals surface area contributed by atoms with Crippen LogP contribution in [0.15, 0.2) is 74.5 Å². The number of hydrogen-bond acceptors (Lipinski definition) is 4. The molecule has 0 fully saturated rings. The summed E-state index contributed by atoms with van der Waals surface area (Å²) in [5, 5.41) is 0.907. The lowest BCUT2D eigenvalue weighted by atomic mass is 9.98. The zero-order valence-corrected chi connectivity index (χ0v) is 18.1. The van der Waals surface area contributed by atoms with E-state index in [2.05, 4.69) is 20.9 Å². The third kappa shape index (κ3) is 2.95. The van der Waals surface area contributed by atoms with E-state index < -0.39 is 11.9 Å². The predicted molar refractivity (Wildman–Crippen MR) is 119 cm³/mol. The van der Waals surface area contributed by atoms with E-state index in [1.54, 1.807) is 24.3 Å². The van der Waals surface area contributed by atoms with E-state index in [0.29, 0.717) is 27.4 Å². The van der Waals surface area contributed by atoms with E-state index >= 15 is 0 Å². The summed E-state index contributed by atoms with van der Waals surface area (Å²) < 4.78 is 6.79. The fourth-order valence-corrected chi connectivity index (χ4v) is 4.35. The van der Waals surface area contributed by atoms with Crippen LogP contribution in [-0.2, 0) is 0 Å². The topological polar surface area (TPSA) is 63.4 Å². The summed E-state index contributed by atoms with van der Waals surface area (Å²) in [5.74, 6) is 0.0165. The number of aryl methyl sites for hydroxylation is 1. The number of hydrogen-bond donors (Lipinski definition) is 0. The van der Waals surface area contributed by atoms with Crippen LogP contribution in [0, 0.1) is 6.92 Å². The molecule has 2 aromatic carbocycles. The number of fused-ring (bicyclic) bond motifs is 2. The van der Waals surface area contributed by atoms with Gasteiger partial charge in [0, 0.05) is 10.7 Å². The highest BCUT2D eigenvalue weighted by Gasteiger charge is 2.44. The molecule has 0 saturated carbocycles. The minimum Gasteiger partial charge on any atom is -0.450 e. The Kier molecular flexibility index (Phi) is 4.49. The molecule has 0 N–H and O–H groups in total. The monoisotopic (exact) mass is 480 g/mol. The van der Waals surface area contributed by atoms with Crippen molar-refractivity contribution in [3.63, 3.8) is 0 Å². The van der Waals surface area contributed by atoms with Crippen molar-refractivity contribution in [1.29, 1.82) is 0 Å². The lowest BCUT2D eigenvalue weighted by Gasteiger charge is -2.24. The van der Waals surface area contributed by atoms with Crippen LogP contribution in [0.1, 0.15) is 33.3 Å². The van der Waals surface area contributed by atoms with Crippen LogP contribution >= 0.6 is 27.5 Å². The molecule has 1 atom stereocenters. The second-order valence-electron chi connectivity index (χ2n) is 7.14. The number of pyridine rings is 1. The van der Waals surface area contributed by atoms with E-state index in [-0.39, 0.29) is 11.2 Å². The van der Waals surface area contributed by atoms with Gasteiger partial charge >= 0.3 is 0 Å². The number of benzene rings is 2. The molecule has 0 saturated heterocycles. The quantitative estimate of drug-likeness (QED) is 0.370. The Balaban J connectivity index is 1.83. The lowest BCUT2D eigenvalue weighted by Crippen LogP contribution is -2.30. The first-order chi connectivity index (χ1) is 14.4. The van der Waals surface area contributed by atoms with Crippen LogP contribution in [0.4, 0.5) is 5.82 Å². The minimum atomic E-state index is -0.667. The van der Waals surface area contributed by atoms with Crippen molar-refractivity contribution in [2.45, 2.75) is 13.0 Å². The first-order valence-electron chi connectivity index (χ1n) is 9.22. The molecule has 3 heterocycles. The molecule has 5 rings (SSSR count). The second kappa shape index (κ2) is 7.07. The van der Waals surface area contributed by atoms with Crippen molar-refractivity contribution in [3.05, 3.63) is 103 Å². The largest absolute Gasteiger partial charge is 0.450 e. The number of nitrogens with zero attached hydrogens (tertiary/aromatic N) is 2. The lowest BCUT2D eigenvalue weighted by molar-refractivity contribution is 0.0970. The van der Waals surface area contributed by atoms with Crippen LogP contribution in [0.3, 0.4) is 0 Å². The summed E-state index contributed by atoms with van der Waals surface area (Å²) in [6, 6.07) is 15.5. The Labute approximate surface area is 185 Å². The Bertz CT molecular complexity index is 1380. The van der Waals surface area contributed by atoms with Crippen LogP contribution in [-0.4, -0.2) is 10.9 Å². The number of carbonyl (C=O) groups is 1. The van der Waals surface area contributed by atoms with Gasteiger partial charge in [0.2, 0.25) is 5.76 Å². The highest BCUT2D eigenvalue weighted by atomic mass is 79.9. The first-order valence-corrected chi connectivity index (χ1v) is 10.4. The molecule has 0 bridgehead atoms. The van der Waals surface area contributed by atoms with Gasteiger partial charge in [0.1, 0.15) is 11.4 Å². The van der Waals surface area contributed by atoms with Crippen LogP contribution in [0.5, 0.6) is 0 Å². The molecule has 1 aliphatic heterocycles. The zero-order chi connectivity index (χ0) is 21.0. The van der Waals surface area contributed by atoms with Gasteiger partial charge in [-0.1, -0.05) is 51.3 Å². The van der Waals surface area contributed by atoms with Crippen molar-refractivity contribution >= 4 is 50.2 Å². The fourth-order valence-electron chi connectivity index (χ4n) is 3.83. The van der Waals surface area contributed by atoms with E-state index in [9.17, 15) is 9.59 Å². The van der Waals surface area contributed by atoms with Crippen LogP contribution in [0.25, 0.3) is 11.0 Å². The van der Waals surface area contributed by atoms with Crippen LogP contribution < -0.4 is 10.3 Å². The van der Waals surface area contributed by atoms with Crippen molar-refractivity contribution in [2.75, 3.05) is 4.90 Å². The van der Waals surface area contributed by atoms with Crippen molar-refractivity contribution in [3.8, 4) is 0 Å². The minimum absolute atomic E-state index is 0.0399. The number of anilines is 1. The summed E-state index contributed by atoms with van der Waals surface area (Å²) in [7, 11) is 0. The van der Waals surface area contributed by atoms with E-state index in [1.807, 2.05) is 37.3 Å². The summed E-state index contributed by atoms with van der Waals surface area (Å²) in [6.07, 6.45) is 1.47. The predicted octanol–water partition coefficient (Wildman–Crippen LogP) is 5.66.